The van der Waals surface area contributed by atoms with Crippen molar-refractivity contribution in [2.45, 2.75) is 38.5 Å². The number of ether oxygens (including phenoxy) is 2. The van der Waals surface area contributed by atoms with Crippen LogP contribution in [-0.2, 0) is 9.47 Å². The Hall–Kier alpha value is -2.57. The molecule has 1 aliphatic rings. The quantitative estimate of drug-likeness (QED) is 0.757. The Labute approximate surface area is 153 Å². The van der Waals surface area contributed by atoms with E-state index in [4.69, 9.17) is 4.74 Å². The number of anilines is 1. The maximum absolute atomic E-state index is 12.2. The maximum Gasteiger partial charge on any atom is 0.339 e. The lowest BCUT2D eigenvalue weighted by Gasteiger charge is -2.21. The van der Waals surface area contributed by atoms with Gasteiger partial charge in [0, 0.05) is 6.54 Å². The number of benzene rings is 1. The summed E-state index contributed by atoms with van der Waals surface area (Å²) < 4.78 is 9.39. The molecule has 0 atom stereocenters. The van der Waals surface area contributed by atoms with Crippen LogP contribution in [0.25, 0.3) is 0 Å². The highest BCUT2D eigenvalue weighted by Crippen LogP contribution is 2.25. The Bertz CT molecular complexity index is 653. The second kappa shape index (κ2) is 9.79. The second-order valence-electron chi connectivity index (χ2n) is 6.42. The molecule has 2 N–H and O–H groups in total. The molecule has 1 aromatic carbocycles. The fourth-order valence-electron chi connectivity index (χ4n) is 3.21. The summed E-state index contributed by atoms with van der Waals surface area (Å²) in [5.74, 6) is -0.488. The zero-order chi connectivity index (χ0) is 18.9. The molecule has 0 unspecified atom stereocenters. The number of urea groups is 1. The minimum Gasteiger partial charge on any atom is -0.465 e. The van der Waals surface area contributed by atoms with Gasteiger partial charge in [-0.2, -0.15) is 0 Å². The first-order chi connectivity index (χ1) is 12.5. The molecule has 7 nitrogen and oxygen atoms in total. The average Bonchev–Trinajstić information content (AvgIpc) is 2.67. The largest absolute Gasteiger partial charge is 0.465 e. The summed E-state index contributed by atoms with van der Waals surface area (Å²) in [6, 6.07) is 3.85. The van der Waals surface area contributed by atoms with Gasteiger partial charge in [-0.15, -0.1) is 0 Å². The Morgan fingerprint density at radius 1 is 1.04 bits per heavy atom. The number of methoxy groups -OCH3 is 2. The van der Waals surface area contributed by atoms with Gasteiger partial charge in [-0.1, -0.05) is 32.1 Å². The predicted molar refractivity (Wildman–Crippen MR) is 97.3 cm³/mol. The zero-order valence-corrected chi connectivity index (χ0v) is 15.3. The number of carbonyl (C=O) groups is 3. The summed E-state index contributed by atoms with van der Waals surface area (Å²) in [6.45, 7) is 0.570. The van der Waals surface area contributed by atoms with Crippen LogP contribution in [0.3, 0.4) is 0 Å². The van der Waals surface area contributed by atoms with Crippen LogP contribution in [0.1, 0.15) is 59.2 Å². The van der Waals surface area contributed by atoms with E-state index in [1.54, 1.807) is 0 Å². The first-order valence-electron chi connectivity index (χ1n) is 8.90. The van der Waals surface area contributed by atoms with Crippen molar-refractivity contribution in [1.29, 1.82) is 0 Å². The first kappa shape index (κ1) is 19.8. The maximum atomic E-state index is 12.2. The minimum absolute atomic E-state index is 0.169. The lowest BCUT2D eigenvalue weighted by atomic mass is 9.87. The van der Waals surface area contributed by atoms with E-state index in [0.29, 0.717) is 12.5 Å². The van der Waals surface area contributed by atoms with Crippen molar-refractivity contribution in [1.82, 2.24) is 5.32 Å². The standard InChI is InChI=1S/C19H26N2O5/c1-25-17(22)14-8-9-15(18(23)26-2)16(12-14)21-19(24)20-11-10-13-6-4-3-5-7-13/h8-9,12-13H,3-7,10-11H2,1-2H3,(H2,20,21,24). The summed E-state index contributed by atoms with van der Waals surface area (Å²) in [6.07, 6.45) is 7.21. The van der Waals surface area contributed by atoms with Crippen LogP contribution in [0.5, 0.6) is 0 Å². The number of nitrogens with one attached hydrogen (secondary N) is 2. The van der Waals surface area contributed by atoms with Gasteiger partial charge in [0.05, 0.1) is 31.0 Å². The van der Waals surface area contributed by atoms with Gasteiger partial charge < -0.3 is 20.1 Å². The molecule has 0 saturated heterocycles. The van der Waals surface area contributed by atoms with Crippen molar-refractivity contribution >= 4 is 23.7 Å². The van der Waals surface area contributed by atoms with E-state index in [1.807, 2.05) is 0 Å². The SMILES string of the molecule is COC(=O)c1ccc(C(=O)OC)c(NC(=O)NCCC2CCCCC2)c1. The molecular weight excluding hydrogens is 336 g/mol. The summed E-state index contributed by atoms with van der Waals surface area (Å²) in [4.78, 5) is 35.7. The second-order valence-corrected chi connectivity index (χ2v) is 6.42. The first-order valence-corrected chi connectivity index (χ1v) is 8.90. The van der Waals surface area contributed by atoms with E-state index < -0.39 is 18.0 Å². The zero-order valence-electron chi connectivity index (χ0n) is 15.3. The number of rotatable bonds is 6. The third kappa shape index (κ3) is 5.47. The van der Waals surface area contributed by atoms with E-state index in [1.165, 1.54) is 64.5 Å². The van der Waals surface area contributed by atoms with Crippen LogP contribution >= 0.6 is 0 Å². The molecule has 7 heteroatoms. The predicted octanol–water partition coefficient (Wildman–Crippen LogP) is 3.35. The average molecular weight is 362 g/mol. The van der Waals surface area contributed by atoms with Crippen LogP contribution in [0.4, 0.5) is 10.5 Å². The van der Waals surface area contributed by atoms with Crippen molar-refractivity contribution in [3.05, 3.63) is 29.3 Å². The molecular formula is C19H26N2O5. The fourth-order valence-corrected chi connectivity index (χ4v) is 3.21. The van der Waals surface area contributed by atoms with Gasteiger partial charge in [-0.25, -0.2) is 14.4 Å². The van der Waals surface area contributed by atoms with Crippen LogP contribution in [0.15, 0.2) is 18.2 Å². The molecule has 1 aliphatic carbocycles. The summed E-state index contributed by atoms with van der Waals surface area (Å²) in [5, 5.41) is 5.43. The third-order valence-corrected chi connectivity index (χ3v) is 4.66. The van der Waals surface area contributed by atoms with Crippen molar-refractivity contribution in [3.8, 4) is 0 Å². The monoisotopic (exact) mass is 362 g/mol. The smallest absolute Gasteiger partial charge is 0.339 e. The van der Waals surface area contributed by atoms with Gasteiger partial charge >= 0.3 is 18.0 Å². The van der Waals surface area contributed by atoms with Gasteiger partial charge in [0.1, 0.15) is 0 Å². The molecule has 1 saturated carbocycles. The molecule has 1 aromatic rings. The number of amides is 2. The molecule has 2 amide bonds. The number of hydrogen-bond donors (Lipinski definition) is 2. The third-order valence-electron chi connectivity index (χ3n) is 4.66. The molecule has 0 bridgehead atoms. The summed E-state index contributed by atoms with van der Waals surface area (Å²) in [5.41, 5.74) is 0.607. The van der Waals surface area contributed by atoms with Crippen LogP contribution in [0.2, 0.25) is 0 Å². The van der Waals surface area contributed by atoms with Crippen molar-refractivity contribution in [2.24, 2.45) is 5.92 Å². The molecule has 0 aromatic heterocycles. The summed E-state index contributed by atoms with van der Waals surface area (Å²) >= 11 is 0. The van der Waals surface area contributed by atoms with Crippen LogP contribution in [-0.4, -0.2) is 38.7 Å². The Balaban J connectivity index is 1.99. The van der Waals surface area contributed by atoms with Gasteiger partial charge in [0.2, 0.25) is 0 Å². The van der Waals surface area contributed by atoms with Crippen molar-refractivity contribution < 1.29 is 23.9 Å². The number of carbonyl (C=O) groups excluding carboxylic acids is 3. The van der Waals surface area contributed by atoms with Gasteiger partial charge in [0.15, 0.2) is 0 Å². The van der Waals surface area contributed by atoms with Crippen molar-refractivity contribution in [2.75, 3.05) is 26.1 Å². The van der Waals surface area contributed by atoms with E-state index in [9.17, 15) is 14.4 Å². The van der Waals surface area contributed by atoms with Gasteiger partial charge in [-0.05, 0) is 30.5 Å². The van der Waals surface area contributed by atoms with Crippen LogP contribution in [0, 0.1) is 5.92 Å². The van der Waals surface area contributed by atoms with Gasteiger partial charge in [0.25, 0.3) is 0 Å². The molecule has 2 rings (SSSR count). The topological polar surface area (TPSA) is 93.7 Å². The Kier molecular flexibility index (Phi) is 7.44. The highest BCUT2D eigenvalue weighted by Gasteiger charge is 2.18. The molecule has 0 heterocycles. The number of hydrogen-bond acceptors (Lipinski definition) is 5. The Morgan fingerprint density at radius 2 is 1.73 bits per heavy atom. The van der Waals surface area contributed by atoms with Gasteiger partial charge in [-0.3, -0.25) is 0 Å². The van der Waals surface area contributed by atoms with E-state index >= 15 is 0 Å². The molecule has 26 heavy (non-hydrogen) atoms. The number of esters is 2. The molecule has 1 fully saturated rings. The molecule has 142 valence electrons. The van der Waals surface area contributed by atoms with E-state index in [0.717, 1.165) is 6.42 Å². The Morgan fingerprint density at radius 3 is 2.38 bits per heavy atom. The lowest BCUT2D eigenvalue weighted by Crippen LogP contribution is -2.31. The normalized spacial score (nSPS) is 14.4. The molecule has 0 radical (unpaired) electrons. The van der Waals surface area contributed by atoms with Crippen LogP contribution < -0.4 is 10.6 Å². The van der Waals surface area contributed by atoms with E-state index in [2.05, 4.69) is 15.4 Å². The molecule has 0 spiro atoms. The molecule has 0 aliphatic heterocycles. The fraction of sp³-hybridized carbons (Fsp3) is 0.526. The summed E-state index contributed by atoms with van der Waals surface area (Å²) in [7, 11) is 2.52. The lowest BCUT2D eigenvalue weighted by molar-refractivity contribution is 0.0587. The highest BCUT2D eigenvalue weighted by molar-refractivity contribution is 6.03. The highest BCUT2D eigenvalue weighted by atomic mass is 16.5. The minimum atomic E-state index is -0.598. The van der Waals surface area contributed by atoms with E-state index in [-0.39, 0.29) is 16.8 Å². The van der Waals surface area contributed by atoms with Crippen molar-refractivity contribution in [3.63, 3.8) is 0 Å².